The highest BCUT2D eigenvalue weighted by Crippen LogP contribution is 2.27. The zero-order valence-electron chi connectivity index (χ0n) is 16.2. The zero-order chi connectivity index (χ0) is 19.8. The molecule has 1 amide bonds. The number of benzene rings is 2. The van der Waals surface area contributed by atoms with Crippen LogP contribution in [-0.4, -0.2) is 50.3 Å². The fourth-order valence-electron chi connectivity index (χ4n) is 3.28. The van der Waals surface area contributed by atoms with E-state index in [1.807, 2.05) is 42.5 Å². The minimum atomic E-state index is -0.487. The van der Waals surface area contributed by atoms with Gasteiger partial charge in [0.15, 0.2) is 6.61 Å². The van der Waals surface area contributed by atoms with E-state index in [0.29, 0.717) is 5.75 Å². The van der Waals surface area contributed by atoms with Gasteiger partial charge >= 0.3 is 0 Å². The molecule has 0 aliphatic carbocycles. The third-order valence-corrected chi connectivity index (χ3v) is 5.07. The van der Waals surface area contributed by atoms with Crippen LogP contribution in [0, 0.1) is 0 Å². The van der Waals surface area contributed by atoms with Crippen molar-refractivity contribution in [2.75, 3.05) is 39.5 Å². The molecule has 1 fully saturated rings. The van der Waals surface area contributed by atoms with Crippen LogP contribution < -0.4 is 15.8 Å². The Bertz CT molecular complexity index is 768. The van der Waals surface area contributed by atoms with Crippen LogP contribution in [-0.2, 0) is 16.1 Å². The van der Waals surface area contributed by atoms with E-state index in [2.05, 4.69) is 16.3 Å². The average Bonchev–Trinajstić information content (AvgIpc) is 2.72. The molecule has 1 aliphatic heterocycles. The lowest BCUT2D eigenvalue weighted by molar-refractivity contribution is -0.119. The minimum Gasteiger partial charge on any atom is -0.484 e. The number of halogens is 2. The molecule has 1 heterocycles. The highest BCUT2D eigenvalue weighted by atomic mass is 35.5. The van der Waals surface area contributed by atoms with E-state index in [4.69, 9.17) is 26.8 Å². The molecule has 2 aromatic carbocycles. The van der Waals surface area contributed by atoms with Gasteiger partial charge in [0.1, 0.15) is 5.75 Å². The van der Waals surface area contributed by atoms with Crippen molar-refractivity contribution in [3.8, 4) is 5.75 Å². The summed E-state index contributed by atoms with van der Waals surface area (Å²) in [5.74, 6) is 0.143. The van der Waals surface area contributed by atoms with E-state index >= 15 is 0 Å². The fraction of sp³-hybridized carbons (Fsp3) is 0.381. The first-order chi connectivity index (χ1) is 13.6. The second-order valence-corrected chi connectivity index (χ2v) is 7.12. The first-order valence-electron chi connectivity index (χ1n) is 9.40. The monoisotopic (exact) mass is 439 g/mol. The average molecular weight is 440 g/mol. The van der Waals surface area contributed by atoms with Gasteiger partial charge in [-0.2, -0.15) is 0 Å². The number of primary amides is 1. The molecule has 3 rings (SSSR count). The maximum absolute atomic E-state index is 10.8. The first kappa shape index (κ1) is 23.4. The van der Waals surface area contributed by atoms with Crippen molar-refractivity contribution in [3.63, 3.8) is 0 Å². The molecule has 2 aromatic rings. The van der Waals surface area contributed by atoms with Gasteiger partial charge in [0.05, 0.1) is 13.2 Å². The largest absolute Gasteiger partial charge is 0.484 e. The van der Waals surface area contributed by atoms with Gasteiger partial charge in [-0.1, -0.05) is 41.9 Å². The topological polar surface area (TPSA) is 76.8 Å². The Morgan fingerprint density at radius 2 is 1.86 bits per heavy atom. The molecule has 1 aliphatic rings. The molecule has 1 atom stereocenters. The molecule has 1 saturated heterocycles. The molecule has 8 heteroatoms. The number of carbonyl (C=O) groups excluding carboxylic acids is 1. The molecule has 0 bridgehead atoms. The molecule has 3 N–H and O–H groups in total. The zero-order valence-corrected chi connectivity index (χ0v) is 17.8. The summed E-state index contributed by atoms with van der Waals surface area (Å²) in [6.07, 6.45) is 0. The number of nitrogens with one attached hydrogen (secondary N) is 1. The number of hydrogen-bond donors (Lipinski definition) is 2. The van der Waals surface area contributed by atoms with E-state index < -0.39 is 5.91 Å². The fourth-order valence-corrected chi connectivity index (χ4v) is 3.54. The Kier molecular flexibility index (Phi) is 9.70. The van der Waals surface area contributed by atoms with Crippen LogP contribution in [0.15, 0.2) is 48.5 Å². The number of nitrogens with zero attached hydrogens (tertiary/aromatic N) is 1. The molecule has 0 spiro atoms. The highest BCUT2D eigenvalue weighted by Gasteiger charge is 2.23. The molecular weight excluding hydrogens is 413 g/mol. The molecular formula is C21H27Cl2N3O3. The highest BCUT2D eigenvalue weighted by molar-refractivity contribution is 6.31. The lowest BCUT2D eigenvalue weighted by Crippen LogP contribution is -2.42. The van der Waals surface area contributed by atoms with E-state index in [1.165, 1.54) is 0 Å². The number of morpholine rings is 1. The Morgan fingerprint density at radius 3 is 2.52 bits per heavy atom. The van der Waals surface area contributed by atoms with Crippen LogP contribution in [0.5, 0.6) is 5.75 Å². The molecule has 0 saturated carbocycles. The number of ether oxygens (including phenoxy) is 2. The summed E-state index contributed by atoms with van der Waals surface area (Å²) in [7, 11) is 0. The van der Waals surface area contributed by atoms with Crippen LogP contribution in [0.4, 0.5) is 0 Å². The van der Waals surface area contributed by atoms with Gasteiger partial charge in [-0.3, -0.25) is 9.69 Å². The normalized spacial score (nSPS) is 15.3. The number of nitrogens with two attached hydrogens (primary N) is 1. The predicted octanol–water partition coefficient (Wildman–Crippen LogP) is 2.79. The molecule has 29 heavy (non-hydrogen) atoms. The summed E-state index contributed by atoms with van der Waals surface area (Å²) in [6, 6.07) is 15.8. The summed E-state index contributed by atoms with van der Waals surface area (Å²) in [4.78, 5) is 13.2. The predicted molar refractivity (Wildman–Crippen MR) is 117 cm³/mol. The second-order valence-electron chi connectivity index (χ2n) is 6.72. The van der Waals surface area contributed by atoms with E-state index in [1.54, 1.807) is 0 Å². The number of hydrogen-bond acceptors (Lipinski definition) is 5. The molecule has 6 nitrogen and oxygen atoms in total. The van der Waals surface area contributed by atoms with Crippen molar-refractivity contribution < 1.29 is 14.3 Å². The van der Waals surface area contributed by atoms with Crippen molar-refractivity contribution >= 4 is 29.9 Å². The maximum Gasteiger partial charge on any atom is 0.255 e. The summed E-state index contributed by atoms with van der Waals surface area (Å²) < 4.78 is 10.8. The van der Waals surface area contributed by atoms with Crippen molar-refractivity contribution in [2.45, 2.75) is 12.6 Å². The number of rotatable bonds is 9. The van der Waals surface area contributed by atoms with Crippen molar-refractivity contribution in [2.24, 2.45) is 5.73 Å². The number of amides is 1. The third kappa shape index (κ3) is 7.17. The third-order valence-electron chi connectivity index (χ3n) is 4.72. The van der Waals surface area contributed by atoms with Gasteiger partial charge in [-0.25, -0.2) is 0 Å². The smallest absolute Gasteiger partial charge is 0.255 e. The van der Waals surface area contributed by atoms with Crippen LogP contribution in [0.1, 0.15) is 17.2 Å². The Morgan fingerprint density at radius 1 is 1.17 bits per heavy atom. The van der Waals surface area contributed by atoms with E-state index in [0.717, 1.165) is 55.5 Å². The summed E-state index contributed by atoms with van der Waals surface area (Å²) >= 11 is 6.47. The van der Waals surface area contributed by atoms with E-state index in [9.17, 15) is 4.79 Å². The number of carbonyl (C=O) groups is 1. The van der Waals surface area contributed by atoms with E-state index in [-0.39, 0.29) is 25.1 Å². The van der Waals surface area contributed by atoms with Crippen molar-refractivity contribution in [1.29, 1.82) is 0 Å². The molecule has 0 radical (unpaired) electrons. The van der Waals surface area contributed by atoms with Gasteiger partial charge in [-0.05, 0) is 29.3 Å². The lowest BCUT2D eigenvalue weighted by Gasteiger charge is -2.35. The summed E-state index contributed by atoms with van der Waals surface area (Å²) in [5, 5.41) is 4.33. The van der Waals surface area contributed by atoms with Gasteiger partial charge in [0.2, 0.25) is 0 Å². The molecule has 0 aromatic heterocycles. The standard InChI is InChI=1S/C21H26ClN3O3.ClH/c22-19-4-2-1-3-18(19)20(25-9-11-27-12-10-25)14-24-13-16-5-7-17(8-6-16)28-15-21(23)26;/h1-8,20,24H,9-15H2,(H2,23,26);1H. The second kappa shape index (κ2) is 12.0. The van der Waals surface area contributed by atoms with Crippen LogP contribution in [0.2, 0.25) is 5.02 Å². The minimum absolute atomic E-state index is 0. The Labute approximate surface area is 182 Å². The van der Waals surface area contributed by atoms with Crippen LogP contribution in [0.3, 0.4) is 0 Å². The Hall–Kier alpha value is -1.83. The lowest BCUT2D eigenvalue weighted by atomic mass is 10.0. The molecule has 158 valence electrons. The summed E-state index contributed by atoms with van der Waals surface area (Å²) in [6.45, 7) is 4.66. The van der Waals surface area contributed by atoms with Gasteiger partial charge in [-0.15, -0.1) is 12.4 Å². The van der Waals surface area contributed by atoms with Crippen molar-refractivity contribution in [3.05, 3.63) is 64.7 Å². The summed E-state index contributed by atoms with van der Waals surface area (Å²) in [5.41, 5.74) is 7.35. The van der Waals surface area contributed by atoms with Crippen molar-refractivity contribution in [1.82, 2.24) is 10.2 Å². The molecule has 1 unspecified atom stereocenters. The van der Waals surface area contributed by atoms with Gasteiger partial charge in [0.25, 0.3) is 5.91 Å². The van der Waals surface area contributed by atoms with Gasteiger partial charge < -0.3 is 20.5 Å². The maximum atomic E-state index is 10.8. The SMILES string of the molecule is Cl.NC(=O)COc1ccc(CNCC(c2ccccc2Cl)N2CCOCC2)cc1. The quantitative estimate of drug-likeness (QED) is 0.627. The van der Waals surface area contributed by atoms with Crippen LogP contribution in [0.25, 0.3) is 0 Å². The van der Waals surface area contributed by atoms with Crippen LogP contribution >= 0.6 is 24.0 Å². The Balaban J connectivity index is 0.00000300. The van der Waals surface area contributed by atoms with Gasteiger partial charge in [0, 0.05) is 37.2 Å². The first-order valence-corrected chi connectivity index (χ1v) is 9.78.